The van der Waals surface area contributed by atoms with Crippen LogP contribution in [0, 0.1) is 12.8 Å². The Balaban J connectivity index is 2.45. The summed E-state index contributed by atoms with van der Waals surface area (Å²) in [5.74, 6) is -0.651. The number of fused-ring (bicyclic) bond motifs is 1. The second kappa shape index (κ2) is 11.7. The van der Waals surface area contributed by atoms with E-state index in [4.69, 9.17) is 18.9 Å². The summed E-state index contributed by atoms with van der Waals surface area (Å²) < 4.78 is 21.5. The number of benzene rings is 1. The number of allylic oxidation sites excluding steroid dienone is 2. The Kier molecular flexibility index (Phi) is 9.29. The lowest BCUT2D eigenvalue weighted by Gasteiger charge is -2.20. The Labute approximate surface area is 190 Å². The molecule has 0 fully saturated rings. The topological polar surface area (TPSA) is 88.1 Å². The monoisotopic (exact) mass is 446 g/mol. The number of methoxy groups -OCH3 is 2. The normalized spacial score (nSPS) is 13.9. The fourth-order valence-corrected chi connectivity index (χ4v) is 3.73. The predicted octanol–water partition coefficient (Wildman–Crippen LogP) is 4.85. The largest absolute Gasteiger partial charge is 0.496 e. The molecule has 1 aromatic carbocycles. The van der Waals surface area contributed by atoms with E-state index >= 15 is 0 Å². The van der Waals surface area contributed by atoms with Gasteiger partial charge in [0.1, 0.15) is 17.9 Å². The molecule has 0 radical (unpaired) electrons. The van der Waals surface area contributed by atoms with Crippen LogP contribution in [0.3, 0.4) is 0 Å². The summed E-state index contributed by atoms with van der Waals surface area (Å²) in [5, 5.41) is 0. The molecule has 1 heterocycles. The molecule has 0 bridgehead atoms. The first-order chi connectivity index (χ1) is 15.2. The van der Waals surface area contributed by atoms with E-state index in [0.717, 1.165) is 24.0 Å². The molecular formula is C25H34O7. The molecule has 32 heavy (non-hydrogen) atoms. The van der Waals surface area contributed by atoms with Gasteiger partial charge in [-0.05, 0) is 38.7 Å². The van der Waals surface area contributed by atoms with Crippen LogP contribution in [0.5, 0.6) is 11.5 Å². The average molecular weight is 447 g/mol. The standard InChI is InChI=1S/C25H34O7/c1-7-8-9-16(3)24(27)32-23-18(12-10-15(2)11-13-20(26)29-5)22(30-6)17(4)19-14-31-25(28)21(19)23/h10,16H,7-9,11-14H2,1-6H3/b15-10+. The van der Waals surface area contributed by atoms with E-state index in [0.29, 0.717) is 41.7 Å². The first kappa shape index (κ1) is 25.4. The van der Waals surface area contributed by atoms with Gasteiger partial charge in [0.25, 0.3) is 0 Å². The van der Waals surface area contributed by atoms with Crippen LogP contribution in [0.4, 0.5) is 0 Å². The summed E-state index contributed by atoms with van der Waals surface area (Å²) in [5.41, 5.74) is 3.38. The van der Waals surface area contributed by atoms with Crippen LogP contribution < -0.4 is 9.47 Å². The van der Waals surface area contributed by atoms with E-state index in [-0.39, 0.29) is 36.6 Å². The summed E-state index contributed by atoms with van der Waals surface area (Å²) in [4.78, 5) is 36.8. The number of hydrogen-bond donors (Lipinski definition) is 0. The highest BCUT2D eigenvalue weighted by Gasteiger charge is 2.34. The van der Waals surface area contributed by atoms with Gasteiger partial charge in [-0.3, -0.25) is 9.59 Å². The molecule has 1 aliphatic heterocycles. The third-order valence-electron chi connectivity index (χ3n) is 5.83. The van der Waals surface area contributed by atoms with E-state index in [1.165, 1.54) is 7.11 Å². The summed E-state index contributed by atoms with van der Waals surface area (Å²) in [6.45, 7) is 7.81. The molecule has 1 atom stereocenters. The lowest BCUT2D eigenvalue weighted by Crippen LogP contribution is -2.20. The van der Waals surface area contributed by atoms with Crippen LogP contribution in [0.1, 0.15) is 79.9 Å². The van der Waals surface area contributed by atoms with Crippen LogP contribution in [0.15, 0.2) is 11.6 Å². The third kappa shape index (κ3) is 5.90. The molecule has 1 aliphatic rings. The van der Waals surface area contributed by atoms with Gasteiger partial charge in [0.2, 0.25) is 0 Å². The van der Waals surface area contributed by atoms with E-state index in [1.54, 1.807) is 7.11 Å². The fraction of sp³-hybridized carbons (Fsp3) is 0.560. The second-order valence-corrected chi connectivity index (χ2v) is 8.19. The molecule has 2 rings (SSSR count). The lowest BCUT2D eigenvalue weighted by molar-refractivity contribution is -0.140. The molecule has 0 saturated carbocycles. The SMILES string of the molecule is CCCCC(C)C(=O)Oc1c(C/C=C(\C)CCC(=O)OC)c(OC)c(C)c2c1C(=O)OC2. The molecule has 0 spiro atoms. The van der Waals surface area contributed by atoms with E-state index in [1.807, 2.05) is 26.8 Å². The maximum atomic E-state index is 12.8. The molecule has 7 nitrogen and oxygen atoms in total. The first-order valence-electron chi connectivity index (χ1n) is 11.1. The van der Waals surface area contributed by atoms with E-state index < -0.39 is 5.97 Å². The summed E-state index contributed by atoms with van der Waals surface area (Å²) in [6.07, 6.45) is 5.77. The van der Waals surface area contributed by atoms with Gasteiger partial charge in [0, 0.05) is 17.5 Å². The Morgan fingerprint density at radius 1 is 1.19 bits per heavy atom. The van der Waals surface area contributed by atoms with Crippen molar-refractivity contribution in [2.24, 2.45) is 5.92 Å². The zero-order valence-electron chi connectivity index (χ0n) is 20.0. The number of cyclic esters (lactones) is 1. The second-order valence-electron chi connectivity index (χ2n) is 8.19. The van der Waals surface area contributed by atoms with Gasteiger partial charge in [0.15, 0.2) is 5.75 Å². The zero-order valence-corrected chi connectivity index (χ0v) is 20.0. The smallest absolute Gasteiger partial charge is 0.342 e. The van der Waals surface area contributed by atoms with Gasteiger partial charge in [-0.25, -0.2) is 4.79 Å². The van der Waals surface area contributed by atoms with Crippen molar-refractivity contribution in [2.45, 2.75) is 72.8 Å². The van der Waals surface area contributed by atoms with Crippen molar-refractivity contribution in [1.29, 1.82) is 0 Å². The maximum absolute atomic E-state index is 12.8. The van der Waals surface area contributed by atoms with Crippen molar-refractivity contribution in [2.75, 3.05) is 14.2 Å². The molecule has 1 unspecified atom stereocenters. The predicted molar refractivity (Wildman–Crippen MR) is 120 cm³/mol. The van der Waals surface area contributed by atoms with Crippen LogP contribution >= 0.6 is 0 Å². The quantitative estimate of drug-likeness (QED) is 0.273. The van der Waals surface area contributed by atoms with Crippen molar-refractivity contribution >= 4 is 17.9 Å². The summed E-state index contributed by atoms with van der Waals surface area (Å²) >= 11 is 0. The molecule has 0 amide bonds. The minimum atomic E-state index is -0.498. The highest BCUT2D eigenvalue weighted by molar-refractivity contribution is 5.99. The van der Waals surface area contributed by atoms with E-state index in [9.17, 15) is 14.4 Å². The molecule has 1 aromatic rings. The van der Waals surface area contributed by atoms with Crippen molar-refractivity contribution in [3.63, 3.8) is 0 Å². The summed E-state index contributed by atoms with van der Waals surface area (Å²) in [7, 11) is 2.92. The summed E-state index contributed by atoms with van der Waals surface area (Å²) in [6, 6.07) is 0. The van der Waals surface area contributed by atoms with Gasteiger partial charge >= 0.3 is 17.9 Å². The minimum absolute atomic E-state index is 0.126. The van der Waals surface area contributed by atoms with Crippen molar-refractivity contribution in [3.05, 3.63) is 33.9 Å². The van der Waals surface area contributed by atoms with Gasteiger partial charge in [-0.2, -0.15) is 0 Å². The maximum Gasteiger partial charge on any atom is 0.342 e. The van der Waals surface area contributed by atoms with Gasteiger partial charge < -0.3 is 18.9 Å². The number of unbranched alkanes of at least 4 members (excludes halogenated alkanes) is 1. The number of ether oxygens (including phenoxy) is 4. The molecule has 0 saturated heterocycles. The molecule has 0 N–H and O–H groups in total. The Bertz CT molecular complexity index is 898. The highest BCUT2D eigenvalue weighted by Crippen LogP contribution is 2.43. The number of esters is 3. The van der Waals surface area contributed by atoms with Crippen molar-refractivity contribution in [3.8, 4) is 11.5 Å². The van der Waals surface area contributed by atoms with Crippen molar-refractivity contribution < 1.29 is 33.3 Å². The number of carbonyl (C=O) groups is 3. The van der Waals surface area contributed by atoms with Crippen LogP contribution in [0.2, 0.25) is 0 Å². The number of hydrogen-bond acceptors (Lipinski definition) is 7. The third-order valence-corrected chi connectivity index (χ3v) is 5.83. The lowest BCUT2D eigenvalue weighted by atomic mass is 9.94. The van der Waals surface area contributed by atoms with Gasteiger partial charge in [-0.15, -0.1) is 0 Å². The molecule has 7 heteroatoms. The minimum Gasteiger partial charge on any atom is -0.496 e. The Morgan fingerprint density at radius 2 is 1.91 bits per heavy atom. The molecule has 0 aromatic heterocycles. The Morgan fingerprint density at radius 3 is 2.53 bits per heavy atom. The number of carbonyl (C=O) groups excluding carboxylic acids is 3. The number of rotatable bonds is 11. The van der Waals surface area contributed by atoms with E-state index in [2.05, 4.69) is 6.92 Å². The fourth-order valence-electron chi connectivity index (χ4n) is 3.73. The van der Waals surface area contributed by atoms with Crippen LogP contribution in [0.25, 0.3) is 0 Å². The Hall–Kier alpha value is -2.83. The molecule has 0 aliphatic carbocycles. The zero-order chi connectivity index (χ0) is 23.8. The molecule has 176 valence electrons. The van der Waals surface area contributed by atoms with Crippen molar-refractivity contribution in [1.82, 2.24) is 0 Å². The molecular weight excluding hydrogens is 412 g/mol. The average Bonchev–Trinajstić information content (AvgIpc) is 3.17. The van der Waals surface area contributed by atoms with Crippen LogP contribution in [-0.4, -0.2) is 32.1 Å². The van der Waals surface area contributed by atoms with Gasteiger partial charge in [0.05, 0.1) is 20.1 Å². The highest BCUT2D eigenvalue weighted by atomic mass is 16.6. The van der Waals surface area contributed by atoms with Gasteiger partial charge in [-0.1, -0.05) is 38.3 Å². The van der Waals surface area contributed by atoms with Crippen LogP contribution in [-0.2, 0) is 32.1 Å². The first-order valence-corrected chi connectivity index (χ1v) is 11.1.